The summed E-state index contributed by atoms with van der Waals surface area (Å²) < 4.78 is 1.92. The van der Waals surface area contributed by atoms with E-state index in [1.54, 1.807) is 11.3 Å². The molecular weight excluding hydrogens is 306 g/mol. The molecule has 1 heterocycles. The van der Waals surface area contributed by atoms with Crippen LogP contribution in [0.2, 0.25) is 0 Å². The molecule has 2 N–H and O–H groups in total. The highest BCUT2D eigenvalue weighted by Crippen LogP contribution is 2.28. The van der Waals surface area contributed by atoms with E-state index < -0.39 is 6.03 Å². The Labute approximate surface area is 131 Å². The number of hydrogen-bond acceptors (Lipinski definition) is 5. The summed E-state index contributed by atoms with van der Waals surface area (Å²) in [6.07, 6.45) is 0. The number of benzene rings is 1. The number of hydrogen-bond donors (Lipinski definition) is 2. The van der Waals surface area contributed by atoms with Crippen molar-refractivity contribution in [2.45, 2.75) is 18.2 Å². The predicted molar refractivity (Wildman–Crippen MR) is 86.7 cm³/mol. The minimum atomic E-state index is -0.446. The Morgan fingerprint density at radius 2 is 2.10 bits per heavy atom. The molecule has 5 nitrogen and oxygen atoms in total. The highest BCUT2D eigenvalue weighted by molar-refractivity contribution is 8.01. The molecule has 21 heavy (non-hydrogen) atoms. The van der Waals surface area contributed by atoms with E-state index in [2.05, 4.69) is 15.6 Å². The highest BCUT2D eigenvalue weighted by Gasteiger charge is 2.10. The zero-order valence-electron chi connectivity index (χ0n) is 11.9. The second-order valence-electron chi connectivity index (χ2n) is 4.89. The third-order valence-electron chi connectivity index (χ3n) is 2.52. The molecule has 0 bridgehead atoms. The van der Waals surface area contributed by atoms with Crippen LogP contribution in [0, 0.1) is 5.92 Å². The van der Waals surface area contributed by atoms with Gasteiger partial charge in [0, 0.05) is 6.54 Å². The standard InChI is InChI=1S/C14H17N3O2S2/c1-9(2)7-15-13(19)17-12(18)8-20-14-16-10-5-3-4-6-11(10)21-14/h3-6,9H,7-8H2,1-2H3,(H2,15,17,18,19). The molecular formula is C14H17N3O2S2. The maximum Gasteiger partial charge on any atom is 0.321 e. The van der Waals surface area contributed by atoms with Crippen LogP contribution in [-0.4, -0.2) is 29.2 Å². The summed E-state index contributed by atoms with van der Waals surface area (Å²) in [5.74, 6) is 0.207. The lowest BCUT2D eigenvalue weighted by Gasteiger charge is -2.07. The van der Waals surface area contributed by atoms with Gasteiger partial charge in [-0.05, 0) is 18.1 Å². The first-order chi connectivity index (χ1) is 10.0. The molecule has 7 heteroatoms. The lowest BCUT2D eigenvalue weighted by molar-refractivity contribution is -0.117. The summed E-state index contributed by atoms with van der Waals surface area (Å²) in [6.45, 7) is 4.53. The predicted octanol–water partition coefficient (Wildman–Crippen LogP) is 2.87. The summed E-state index contributed by atoms with van der Waals surface area (Å²) in [7, 11) is 0. The molecule has 0 saturated carbocycles. The van der Waals surface area contributed by atoms with Crippen molar-refractivity contribution in [1.29, 1.82) is 0 Å². The van der Waals surface area contributed by atoms with Gasteiger partial charge in [-0.25, -0.2) is 9.78 Å². The van der Waals surface area contributed by atoms with Crippen molar-refractivity contribution < 1.29 is 9.59 Å². The molecule has 0 unspecified atom stereocenters. The quantitative estimate of drug-likeness (QED) is 0.830. The molecule has 1 aromatic heterocycles. The van der Waals surface area contributed by atoms with Crippen molar-refractivity contribution >= 4 is 45.3 Å². The van der Waals surface area contributed by atoms with Gasteiger partial charge in [0.1, 0.15) is 0 Å². The number of aromatic nitrogens is 1. The topological polar surface area (TPSA) is 71.1 Å². The minimum Gasteiger partial charge on any atom is -0.338 e. The van der Waals surface area contributed by atoms with Crippen molar-refractivity contribution in [3.8, 4) is 0 Å². The van der Waals surface area contributed by atoms with Crippen molar-refractivity contribution in [3.05, 3.63) is 24.3 Å². The van der Waals surface area contributed by atoms with Gasteiger partial charge in [-0.3, -0.25) is 10.1 Å². The van der Waals surface area contributed by atoms with Crippen LogP contribution in [0.5, 0.6) is 0 Å². The summed E-state index contributed by atoms with van der Waals surface area (Å²) in [6, 6.07) is 7.38. The average molecular weight is 323 g/mol. The number of nitrogens with zero attached hydrogens (tertiary/aromatic N) is 1. The molecule has 0 aliphatic rings. The lowest BCUT2D eigenvalue weighted by atomic mass is 10.2. The number of urea groups is 1. The van der Waals surface area contributed by atoms with Crippen molar-refractivity contribution in [3.63, 3.8) is 0 Å². The molecule has 0 aliphatic carbocycles. The number of para-hydroxylation sites is 1. The van der Waals surface area contributed by atoms with E-state index in [4.69, 9.17) is 0 Å². The highest BCUT2D eigenvalue weighted by atomic mass is 32.2. The van der Waals surface area contributed by atoms with Gasteiger partial charge in [-0.15, -0.1) is 11.3 Å². The Bertz CT molecular complexity index is 607. The Kier molecular flexibility index (Phi) is 5.58. The Hall–Kier alpha value is -1.60. The Balaban J connectivity index is 1.79. The minimum absolute atomic E-state index is 0.176. The zero-order chi connectivity index (χ0) is 15.2. The number of carbonyl (C=O) groups is 2. The second-order valence-corrected chi connectivity index (χ2v) is 7.14. The van der Waals surface area contributed by atoms with E-state index in [1.165, 1.54) is 11.8 Å². The van der Waals surface area contributed by atoms with Gasteiger partial charge >= 0.3 is 6.03 Å². The summed E-state index contributed by atoms with van der Waals surface area (Å²) in [5.41, 5.74) is 0.931. The van der Waals surface area contributed by atoms with E-state index in [-0.39, 0.29) is 11.7 Å². The number of rotatable bonds is 5. The molecule has 2 aromatic rings. The Morgan fingerprint density at radius 1 is 1.33 bits per heavy atom. The first-order valence-corrected chi connectivity index (χ1v) is 8.41. The SMILES string of the molecule is CC(C)CNC(=O)NC(=O)CSc1nc2ccccc2s1. The molecule has 2 rings (SSSR count). The van der Waals surface area contributed by atoms with Crippen LogP contribution in [-0.2, 0) is 4.79 Å². The molecule has 0 spiro atoms. The van der Waals surface area contributed by atoms with Crippen LogP contribution < -0.4 is 10.6 Å². The van der Waals surface area contributed by atoms with Crippen LogP contribution in [0.3, 0.4) is 0 Å². The summed E-state index contributed by atoms with van der Waals surface area (Å²) >= 11 is 2.88. The Morgan fingerprint density at radius 3 is 2.81 bits per heavy atom. The summed E-state index contributed by atoms with van der Waals surface area (Å²) in [4.78, 5) is 27.5. The van der Waals surface area contributed by atoms with Crippen LogP contribution in [0.15, 0.2) is 28.6 Å². The number of imide groups is 1. The average Bonchev–Trinajstić information content (AvgIpc) is 2.86. The third kappa shape index (κ3) is 5.02. The van der Waals surface area contributed by atoms with Crippen LogP contribution in [0.25, 0.3) is 10.2 Å². The van der Waals surface area contributed by atoms with E-state index in [0.29, 0.717) is 12.5 Å². The van der Waals surface area contributed by atoms with Gasteiger partial charge in [0.2, 0.25) is 5.91 Å². The summed E-state index contributed by atoms with van der Waals surface area (Å²) in [5, 5.41) is 4.95. The van der Waals surface area contributed by atoms with E-state index in [1.807, 2.05) is 38.1 Å². The number of amides is 3. The maximum atomic E-state index is 11.7. The molecule has 0 fully saturated rings. The first kappa shape index (κ1) is 15.8. The third-order valence-corrected chi connectivity index (χ3v) is 4.70. The zero-order valence-corrected chi connectivity index (χ0v) is 13.5. The fourth-order valence-corrected chi connectivity index (χ4v) is 3.41. The first-order valence-electron chi connectivity index (χ1n) is 6.60. The van der Waals surface area contributed by atoms with Crippen LogP contribution in [0.1, 0.15) is 13.8 Å². The number of nitrogens with one attached hydrogen (secondary N) is 2. The smallest absolute Gasteiger partial charge is 0.321 e. The normalized spacial score (nSPS) is 10.8. The molecule has 112 valence electrons. The number of fused-ring (bicyclic) bond motifs is 1. The molecule has 0 radical (unpaired) electrons. The largest absolute Gasteiger partial charge is 0.338 e. The van der Waals surface area contributed by atoms with Gasteiger partial charge in [0.05, 0.1) is 16.0 Å². The number of thiazole rings is 1. The molecule has 0 saturated heterocycles. The number of thioether (sulfide) groups is 1. The monoisotopic (exact) mass is 323 g/mol. The van der Waals surface area contributed by atoms with Crippen LogP contribution in [0.4, 0.5) is 4.79 Å². The lowest BCUT2D eigenvalue weighted by Crippen LogP contribution is -2.41. The molecule has 1 aromatic carbocycles. The van der Waals surface area contributed by atoms with E-state index >= 15 is 0 Å². The molecule has 0 aliphatic heterocycles. The molecule has 3 amide bonds. The maximum absolute atomic E-state index is 11.7. The van der Waals surface area contributed by atoms with Gasteiger partial charge in [0.15, 0.2) is 4.34 Å². The fraction of sp³-hybridized carbons (Fsp3) is 0.357. The van der Waals surface area contributed by atoms with Gasteiger partial charge in [-0.1, -0.05) is 37.7 Å². The second kappa shape index (κ2) is 7.42. The van der Waals surface area contributed by atoms with Gasteiger partial charge in [-0.2, -0.15) is 0 Å². The van der Waals surface area contributed by atoms with Crippen molar-refractivity contribution in [2.75, 3.05) is 12.3 Å². The fourth-order valence-electron chi connectivity index (χ4n) is 1.54. The van der Waals surface area contributed by atoms with Crippen molar-refractivity contribution in [2.24, 2.45) is 5.92 Å². The van der Waals surface area contributed by atoms with Crippen molar-refractivity contribution in [1.82, 2.24) is 15.6 Å². The molecule has 0 atom stereocenters. The van der Waals surface area contributed by atoms with Gasteiger partial charge in [0.25, 0.3) is 0 Å². The number of carbonyl (C=O) groups excluding carboxylic acids is 2. The van der Waals surface area contributed by atoms with Crippen LogP contribution >= 0.6 is 23.1 Å². The van der Waals surface area contributed by atoms with Gasteiger partial charge < -0.3 is 5.32 Å². The van der Waals surface area contributed by atoms with E-state index in [0.717, 1.165) is 14.6 Å². The van der Waals surface area contributed by atoms with E-state index in [9.17, 15) is 9.59 Å².